The number of nitrogens with two attached hydrogens (primary N) is 1. The van der Waals surface area contributed by atoms with Gasteiger partial charge >= 0.3 is 0 Å². The lowest BCUT2D eigenvalue weighted by Crippen LogP contribution is -2.53. The van der Waals surface area contributed by atoms with Gasteiger partial charge in [0.25, 0.3) is 0 Å². The van der Waals surface area contributed by atoms with Crippen LogP contribution in [0.25, 0.3) is 0 Å². The van der Waals surface area contributed by atoms with Crippen LogP contribution in [0, 0.1) is 5.92 Å². The third-order valence-electron chi connectivity index (χ3n) is 3.91. The van der Waals surface area contributed by atoms with Crippen LogP contribution in [0.4, 0.5) is 0 Å². The van der Waals surface area contributed by atoms with Gasteiger partial charge in [-0.3, -0.25) is 4.79 Å². The monoisotopic (exact) mass is 227 g/mol. The van der Waals surface area contributed by atoms with Gasteiger partial charge in [-0.15, -0.1) is 0 Å². The van der Waals surface area contributed by atoms with Crippen LogP contribution >= 0.6 is 0 Å². The number of nitrogens with one attached hydrogen (secondary N) is 1. The number of hydrogen-bond acceptors (Lipinski definition) is 3. The van der Waals surface area contributed by atoms with Crippen molar-refractivity contribution in [3.8, 4) is 0 Å². The van der Waals surface area contributed by atoms with Crippen LogP contribution in [-0.2, 0) is 4.79 Å². The highest BCUT2D eigenvalue weighted by Gasteiger charge is 2.32. The molecule has 1 fully saturated rings. The number of rotatable bonds is 5. The molecule has 0 saturated carbocycles. The van der Waals surface area contributed by atoms with Crippen LogP contribution in [0.1, 0.15) is 33.6 Å². The molecule has 3 atom stereocenters. The first-order valence-electron chi connectivity index (χ1n) is 6.12. The van der Waals surface area contributed by atoms with Crippen LogP contribution in [0.3, 0.4) is 0 Å². The first kappa shape index (κ1) is 13.5. The smallest absolute Gasteiger partial charge is 0.237 e. The summed E-state index contributed by atoms with van der Waals surface area (Å²) in [6, 6.07) is 0.629. The normalized spacial score (nSPS) is 30.2. The van der Waals surface area contributed by atoms with E-state index in [-0.39, 0.29) is 5.91 Å². The lowest BCUT2D eigenvalue weighted by Gasteiger charge is -2.29. The number of hydrogen-bond donors (Lipinski definition) is 2. The Balaban J connectivity index is 2.47. The van der Waals surface area contributed by atoms with Gasteiger partial charge in [-0.25, -0.2) is 0 Å². The summed E-state index contributed by atoms with van der Waals surface area (Å²) in [4.78, 5) is 13.8. The molecule has 4 nitrogen and oxygen atoms in total. The Kier molecular flexibility index (Phi) is 4.33. The molecule has 0 radical (unpaired) electrons. The van der Waals surface area contributed by atoms with E-state index in [2.05, 4.69) is 24.1 Å². The molecule has 1 saturated heterocycles. The Hall–Kier alpha value is -0.610. The van der Waals surface area contributed by atoms with Crippen LogP contribution < -0.4 is 11.1 Å². The molecule has 0 aromatic heterocycles. The molecule has 3 unspecified atom stereocenters. The van der Waals surface area contributed by atoms with E-state index in [1.165, 1.54) is 6.42 Å². The van der Waals surface area contributed by atoms with Gasteiger partial charge < -0.3 is 16.0 Å². The van der Waals surface area contributed by atoms with Crippen molar-refractivity contribution in [3.63, 3.8) is 0 Å². The minimum atomic E-state index is -0.578. The van der Waals surface area contributed by atoms with Gasteiger partial charge in [-0.05, 0) is 39.7 Å². The molecule has 0 aliphatic carbocycles. The zero-order chi connectivity index (χ0) is 12.3. The molecule has 0 spiro atoms. The second-order valence-electron chi connectivity index (χ2n) is 5.38. The SMILES string of the molecule is CNC(C)(CCN1CC(C)CC1C)C(N)=O. The van der Waals surface area contributed by atoms with Crippen molar-refractivity contribution in [2.75, 3.05) is 20.1 Å². The summed E-state index contributed by atoms with van der Waals surface area (Å²) >= 11 is 0. The molecular weight excluding hydrogens is 202 g/mol. The highest BCUT2D eigenvalue weighted by atomic mass is 16.1. The van der Waals surface area contributed by atoms with Crippen molar-refractivity contribution in [2.45, 2.75) is 45.2 Å². The van der Waals surface area contributed by atoms with E-state index in [1.807, 2.05) is 6.92 Å². The zero-order valence-corrected chi connectivity index (χ0v) is 10.9. The number of nitrogens with zero attached hydrogens (tertiary/aromatic N) is 1. The second-order valence-corrected chi connectivity index (χ2v) is 5.38. The van der Waals surface area contributed by atoms with E-state index in [0.29, 0.717) is 6.04 Å². The third kappa shape index (κ3) is 2.95. The van der Waals surface area contributed by atoms with Crippen LogP contribution in [0.5, 0.6) is 0 Å². The van der Waals surface area contributed by atoms with Crippen molar-refractivity contribution < 1.29 is 4.79 Å². The summed E-state index contributed by atoms with van der Waals surface area (Å²) in [5, 5.41) is 3.03. The summed E-state index contributed by atoms with van der Waals surface area (Å²) in [5.74, 6) is 0.499. The van der Waals surface area contributed by atoms with Gasteiger partial charge in [0.05, 0.1) is 5.54 Å². The van der Waals surface area contributed by atoms with Gasteiger partial charge in [0.2, 0.25) is 5.91 Å². The maximum absolute atomic E-state index is 11.3. The number of likely N-dealkylation sites (N-methyl/N-ethyl adjacent to an activating group) is 1. The Bertz CT molecular complexity index is 257. The van der Waals surface area contributed by atoms with Gasteiger partial charge in [0.1, 0.15) is 0 Å². The summed E-state index contributed by atoms with van der Waals surface area (Å²) in [5.41, 5.74) is 4.83. The molecule has 0 aromatic rings. The zero-order valence-electron chi connectivity index (χ0n) is 10.9. The molecule has 3 N–H and O–H groups in total. The summed E-state index contributed by atoms with van der Waals surface area (Å²) in [6.07, 6.45) is 2.03. The highest BCUT2D eigenvalue weighted by Crippen LogP contribution is 2.23. The van der Waals surface area contributed by atoms with E-state index >= 15 is 0 Å². The molecule has 1 heterocycles. The average Bonchev–Trinajstić information content (AvgIpc) is 2.53. The minimum Gasteiger partial charge on any atom is -0.368 e. The van der Waals surface area contributed by atoms with E-state index < -0.39 is 5.54 Å². The first-order chi connectivity index (χ1) is 7.39. The summed E-state index contributed by atoms with van der Waals surface area (Å²) in [6.45, 7) is 8.48. The fourth-order valence-corrected chi connectivity index (χ4v) is 2.44. The molecule has 16 heavy (non-hydrogen) atoms. The average molecular weight is 227 g/mol. The lowest BCUT2D eigenvalue weighted by atomic mass is 9.97. The Morgan fingerprint density at radius 3 is 2.56 bits per heavy atom. The molecule has 94 valence electrons. The fraction of sp³-hybridized carbons (Fsp3) is 0.917. The number of carbonyl (C=O) groups excluding carboxylic acids is 1. The van der Waals surface area contributed by atoms with Gasteiger partial charge in [-0.2, -0.15) is 0 Å². The van der Waals surface area contributed by atoms with Crippen LogP contribution in [0.2, 0.25) is 0 Å². The van der Waals surface area contributed by atoms with Crippen LogP contribution in [-0.4, -0.2) is 42.5 Å². The van der Waals surface area contributed by atoms with E-state index in [1.54, 1.807) is 7.05 Å². The van der Waals surface area contributed by atoms with Crippen molar-refractivity contribution >= 4 is 5.91 Å². The minimum absolute atomic E-state index is 0.269. The van der Waals surface area contributed by atoms with Crippen molar-refractivity contribution in [1.82, 2.24) is 10.2 Å². The first-order valence-corrected chi connectivity index (χ1v) is 6.12. The van der Waals surface area contributed by atoms with Crippen molar-refractivity contribution in [2.24, 2.45) is 11.7 Å². The van der Waals surface area contributed by atoms with E-state index in [4.69, 9.17) is 5.73 Å². The van der Waals surface area contributed by atoms with E-state index in [0.717, 1.165) is 25.4 Å². The Morgan fingerprint density at radius 2 is 2.19 bits per heavy atom. The Morgan fingerprint density at radius 1 is 1.56 bits per heavy atom. The predicted octanol–water partition coefficient (Wildman–Crippen LogP) is 0.570. The molecule has 1 rings (SSSR count). The lowest BCUT2D eigenvalue weighted by molar-refractivity contribution is -0.124. The van der Waals surface area contributed by atoms with E-state index in [9.17, 15) is 4.79 Å². The van der Waals surface area contributed by atoms with Gasteiger partial charge in [0, 0.05) is 19.1 Å². The fourth-order valence-electron chi connectivity index (χ4n) is 2.44. The van der Waals surface area contributed by atoms with Gasteiger partial charge in [-0.1, -0.05) is 6.92 Å². The predicted molar refractivity (Wildman–Crippen MR) is 66.1 cm³/mol. The van der Waals surface area contributed by atoms with Gasteiger partial charge in [0.15, 0.2) is 0 Å². The van der Waals surface area contributed by atoms with Crippen molar-refractivity contribution in [3.05, 3.63) is 0 Å². The molecule has 0 bridgehead atoms. The Labute approximate surface area is 98.6 Å². The highest BCUT2D eigenvalue weighted by molar-refractivity contribution is 5.84. The molecular formula is C12H25N3O. The molecule has 0 aromatic carbocycles. The largest absolute Gasteiger partial charge is 0.368 e. The summed E-state index contributed by atoms with van der Waals surface area (Å²) in [7, 11) is 1.79. The molecule has 4 heteroatoms. The quantitative estimate of drug-likeness (QED) is 0.722. The second kappa shape index (κ2) is 5.15. The maximum Gasteiger partial charge on any atom is 0.237 e. The number of likely N-dealkylation sites (tertiary alicyclic amines) is 1. The third-order valence-corrected chi connectivity index (χ3v) is 3.91. The molecule has 1 aliphatic rings. The topological polar surface area (TPSA) is 58.4 Å². The molecule has 1 amide bonds. The number of carbonyl (C=O) groups is 1. The molecule has 1 aliphatic heterocycles. The number of primary amides is 1. The standard InChI is InChI=1S/C12H25N3O/c1-9-7-10(2)15(8-9)6-5-12(3,14-4)11(13)16/h9-10,14H,5-8H2,1-4H3,(H2,13,16). The number of amides is 1. The summed E-state index contributed by atoms with van der Waals surface area (Å²) < 4.78 is 0. The van der Waals surface area contributed by atoms with Crippen LogP contribution in [0.15, 0.2) is 0 Å². The maximum atomic E-state index is 11.3. The van der Waals surface area contributed by atoms with Crippen molar-refractivity contribution in [1.29, 1.82) is 0 Å².